The molecule has 2 fully saturated rings. The average molecular weight is 318 g/mol. The molecule has 1 atom stereocenters. The zero-order valence-electron chi connectivity index (χ0n) is 13.1. The van der Waals surface area contributed by atoms with E-state index < -0.39 is 0 Å². The summed E-state index contributed by atoms with van der Waals surface area (Å²) in [5.41, 5.74) is 0.907. The van der Waals surface area contributed by atoms with Crippen LogP contribution < -0.4 is 10.2 Å². The highest BCUT2D eigenvalue weighted by molar-refractivity contribution is 5.74. The highest BCUT2D eigenvalue weighted by atomic mass is 16.6. The van der Waals surface area contributed by atoms with Gasteiger partial charge in [-0.05, 0) is 54.8 Å². The van der Waals surface area contributed by atoms with E-state index in [1.54, 1.807) is 0 Å². The van der Waals surface area contributed by atoms with E-state index in [9.17, 15) is 0 Å². The largest absolute Gasteiger partial charge is 0.396 e. The molecule has 2 aromatic rings. The van der Waals surface area contributed by atoms with Crippen LogP contribution in [-0.2, 0) is 0 Å². The molecule has 23 heavy (non-hydrogen) atoms. The molecule has 0 radical (unpaired) electrons. The third-order valence-corrected chi connectivity index (χ3v) is 4.60. The molecule has 4 rings (SSSR count). The molecule has 1 aliphatic heterocycles. The molecule has 0 spiro atoms. The van der Waals surface area contributed by atoms with Gasteiger partial charge in [0.15, 0.2) is 11.6 Å². The second-order valence-electron chi connectivity index (χ2n) is 6.55. The maximum absolute atomic E-state index is 9.05. The van der Waals surface area contributed by atoms with Crippen LogP contribution in [0.5, 0.6) is 0 Å². The van der Waals surface area contributed by atoms with Crippen LogP contribution in [0.1, 0.15) is 38.5 Å². The summed E-state index contributed by atoms with van der Waals surface area (Å²) in [4.78, 5) is 11.5. The van der Waals surface area contributed by atoms with Crippen molar-refractivity contribution in [2.24, 2.45) is 5.92 Å². The van der Waals surface area contributed by atoms with Gasteiger partial charge in [0.05, 0.1) is 0 Å². The summed E-state index contributed by atoms with van der Waals surface area (Å²) in [5.74, 6) is 2.24. The lowest BCUT2D eigenvalue weighted by atomic mass is 9.93. The first-order valence-electron chi connectivity index (χ1n) is 8.46. The number of nitrogens with zero attached hydrogens (tertiary/aromatic N) is 5. The lowest BCUT2D eigenvalue weighted by Crippen LogP contribution is -2.36. The molecule has 1 saturated heterocycles. The Labute approximate surface area is 134 Å². The molecule has 1 saturated carbocycles. The third-order valence-electron chi connectivity index (χ3n) is 4.60. The van der Waals surface area contributed by atoms with Gasteiger partial charge in [-0.25, -0.2) is 14.6 Å². The number of nitrogens with one attached hydrogen (secondary N) is 1. The van der Waals surface area contributed by atoms with Crippen LogP contribution in [-0.4, -0.2) is 51.1 Å². The number of piperidine rings is 1. The lowest BCUT2D eigenvalue weighted by molar-refractivity contribution is 0.263. The summed E-state index contributed by atoms with van der Waals surface area (Å²) in [6, 6.07) is 0.496. The molecular formula is C15H22N6O2. The van der Waals surface area contributed by atoms with E-state index in [2.05, 4.69) is 30.5 Å². The van der Waals surface area contributed by atoms with Gasteiger partial charge in [0.1, 0.15) is 0 Å². The van der Waals surface area contributed by atoms with Crippen LogP contribution in [0.15, 0.2) is 4.63 Å². The summed E-state index contributed by atoms with van der Waals surface area (Å²) >= 11 is 0. The van der Waals surface area contributed by atoms with Crippen molar-refractivity contribution in [2.75, 3.05) is 29.9 Å². The van der Waals surface area contributed by atoms with Gasteiger partial charge in [0.25, 0.3) is 0 Å². The van der Waals surface area contributed by atoms with Crippen molar-refractivity contribution in [2.45, 2.75) is 44.6 Å². The molecule has 0 unspecified atom stereocenters. The smallest absolute Gasteiger partial charge is 0.245 e. The maximum atomic E-state index is 9.05. The van der Waals surface area contributed by atoms with Crippen molar-refractivity contribution in [3.8, 4) is 0 Å². The van der Waals surface area contributed by atoms with Gasteiger partial charge in [-0.1, -0.05) is 0 Å². The topological polar surface area (TPSA) is 100 Å². The summed E-state index contributed by atoms with van der Waals surface area (Å²) in [6.45, 7) is 2.19. The Morgan fingerprint density at radius 2 is 2.00 bits per heavy atom. The van der Waals surface area contributed by atoms with Crippen LogP contribution >= 0.6 is 0 Å². The zero-order valence-corrected chi connectivity index (χ0v) is 13.1. The van der Waals surface area contributed by atoms with Crippen LogP contribution in [0.3, 0.4) is 0 Å². The van der Waals surface area contributed by atoms with E-state index in [1.165, 1.54) is 19.3 Å². The highest BCUT2D eigenvalue weighted by Gasteiger charge is 2.28. The van der Waals surface area contributed by atoms with Crippen molar-refractivity contribution < 1.29 is 9.74 Å². The highest BCUT2D eigenvalue weighted by Crippen LogP contribution is 2.33. The van der Waals surface area contributed by atoms with Gasteiger partial charge < -0.3 is 15.3 Å². The molecule has 8 nitrogen and oxygen atoms in total. The Hall–Kier alpha value is -1.96. The van der Waals surface area contributed by atoms with Gasteiger partial charge in [0, 0.05) is 25.7 Å². The molecule has 0 aromatic carbocycles. The summed E-state index contributed by atoms with van der Waals surface area (Å²) in [5, 5.41) is 20.1. The normalized spacial score (nSPS) is 21.8. The lowest BCUT2D eigenvalue weighted by Gasteiger charge is -2.34. The van der Waals surface area contributed by atoms with Crippen LogP contribution in [0, 0.1) is 5.92 Å². The number of aliphatic hydroxyl groups excluding tert-OH is 1. The Morgan fingerprint density at radius 3 is 2.78 bits per heavy atom. The van der Waals surface area contributed by atoms with Gasteiger partial charge in [-0.3, -0.25) is 0 Å². The number of rotatable bonds is 6. The van der Waals surface area contributed by atoms with E-state index in [4.69, 9.17) is 9.74 Å². The molecule has 3 heterocycles. The zero-order chi connectivity index (χ0) is 15.6. The van der Waals surface area contributed by atoms with Crippen molar-refractivity contribution >= 4 is 22.9 Å². The van der Waals surface area contributed by atoms with Crippen molar-refractivity contribution in [3.05, 3.63) is 0 Å². The first-order chi connectivity index (χ1) is 11.3. The fourth-order valence-electron chi connectivity index (χ4n) is 3.24. The minimum absolute atomic E-state index is 0.265. The number of hydrogen-bond donors (Lipinski definition) is 2. The van der Waals surface area contributed by atoms with Crippen LogP contribution in [0.4, 0.5) is 11.6 Å². The Bertz CT molecular complexity index is 671. The quantitative estimate of drug-likeness (QED) is 0.828. The first-order valence-corrected chi connectivity index (χ1v) is 8.46. The van der Waals surface area contributed by atoms with E-state index in [0.29, 0.717) is 23.3 Å². The monoisotopic (exact) mass is 318 g/mol. The van der Waals surface area contributed by atoms with E-state index in [-0.39, 0.29) is 6.61 Å². The fraction of sp³-hybridized carbons (Fsp3) is 0.733. The molecule has 0 bridgehead atoms. The third kappa shape index (κ3) is 3.21. The molecule has 8 heteroatoms. The SMILES string of the molecule is OCCC[C@@H]1CCCN(c2nc3nonc3nc2NC2CC2)C1. The Balaban J connectivity index is 1.60. The Morgan fingerprint density at radius 1 is 1.17 bits per heavy atom. The molecule has 1 aliphatic carbocycles. The van der Waals surface area contributed by atoms with Gasteiger partial charge in [-0.2, -0.15) is 0 Å². The first kappa shape index (κ1) is 14.6. The Kier molecular flexibility index (Phi) is 3.99. The molecule has 2 aromatic heterocycles. The molecule has 124 valence electrons. The van der Waals surface area contributed by atoms with Crippen LogP contribution in [0.2, 0.25) is 0 Å². The minimum Gasteiger partial charge on any atom is -0.396 e. The maximum Gasteiger partial charge on any atom is 0.245 e. The molecule has 2 N–H and O–H groups in total. The average Bonchev–Trinajstić information content (AvgIpc) is 3.27. The number of anilines is 2. The van der Waals surface area contributed by atoms with Gasteiger partial charge >= 0.3 is 0 Å². The molecule has 2 aliphatic rings. The summed E-state index contributed by atoms with van der Waals surface area (Å²) in [6.07, 6.45) is 6.62. The van der Waals surface area contributed by atoms with Gasteiger partial charge in [0.2, 0.25) is 11.3 Å². The second-order valence-corrected chi connectivity index (χ2v) is 6.55. The number of fused-ring (bicyclic) bond motifs is 1. The predicted molar refractivity (Wildman–Crippen MR) is 85.3 cm³/mol. The molecular weight excluding hydrogens is 296 g/mol. The number of aromatic nitrogens is 4. The van der Waals surface area contributed by atoms with E-state index >= 15 is 0 Å². The van der Waals surface area contributed by atoms with Crippen LogP contribution in [0.25, 0.3) is 11.3 Å². The minimum atomic E-state index is 0.265. The number of hydrogen-bond acceptors (Lipinski definition) is 8. The van der Waals surface area contributed by atoms with E-state index in [1.807, 2.05) is 0 Å². The standard InChI is InChI=1S/C15H22N6O2/c22-8-2-4-10-3-1-7-21(9-10)15-14(16-11-5-6-11)17-12-13(18-15)20-23-19-12/h10-11,22H,1-9H2,(H,16,17,19)/t10-/m0/s1. The fourth-order valence-corrected chi connectivity index (χ4v) is 3.24. The predicted octanol–water partition coefficient (Wildman–Crippen LogP) is 1.58. The second kappa shape index (κ2) is 6.27. The van der Waals surface area contributed by atoms with E-state index in [0.717, 1.165) is 44.0 Å². The van der Waals surface area contributed by atoms with Gasteiger partial charge in [-0.15, -0.1) is 0 Å². The molecule has 0 amide bonds. The number of aliphatic hydroxyl groups is 1. The summed E-state index contributed by atoms with van der Waals surface area (Å²) < 4.78 is 4.76. The summed E-state index contributed by atoms with van der Waals surface area (Å²) in [7, 11) is 0. The van der Waals surface area contributed by atoms with Crippen molar-refractivity contribution in [1.29, 1.82) is 0 Å². The van der Waals surface area contributed by atoms with Crippen molar-refractivity contribution in [3.63, 3.8) is 0 Å². The van der Waals surface area contributed by atoms with Crippen molar-refractivity contribution in [1.82, 2.24) is 20.3 Å².